The molecule has 1 aliphatic carbocycles. The van der Waals surface area contributed by atoms with Crippen LogP contribution in [0.15, 0.2) is 41.4 Å². The minimum Gasteiger partial charge on any atom is -0.495 e. The third-order valence-electron chi connectivity index (χ3n) is 6.05. The maximum atomic E-state index is 14.9. The first kappa shape index (κ1) is 27.2. The van der Waals surface area contributed by atoms with Gasteiger partial charge in [0.15, 0.2) is 11.6 Å². The fourth-order valence-electron chi connectivity index (χ4n) is 4.09. The van der Waals surface area contributed by atoms with E-state index in [0.717, 1.165) is 37.1 Å². The monoisotopic (exact) mass is 545 g/mol. The van der Waals surface area contributed by atoms with E-state index in [-0.39, 0.29) is 27.8 Å². The van der Waals surface area contributed by atoms with E-state index in [1.165, 1.54) is 18.0 Å². The molecule has 3 aromatic rings. The second kappa shape index (κ2) is 9.79. The van der Waals surface area contributed by atoms with Gasteiger partial charge in [-0.25, -0.2) is 22.1 Å². The molecular formula is C25H25F6N3O2S. The van der Waals surface area contributed by atoms with Crippen LogP contribution in [0.3, 0.4) is 0 Å². The third-order valence-corrected chi connectivity index (χ3v) is 7.26. The predicted octanol–water partition coefficient (Wildman–Crippen LogP) is 6.51. The highest BCUT2D eigenvalue weighted by Crippen LogP contribution is 2.46. The van der Waals surface area contributed by atoms with Gasteiger partial charge in [0, 0.05) is 17.2 Å². The molecule has 0 spiro atoms. The van der Waals surface area contributed by atoms with E-state index in [9.17, 15) is 30.6 Å². The van der Waals surface area contributed by atoms with E-state index in [1.807, 2.05) is 0 Å². The molecule has 1 heterocycles. The number of nitrogens with one attached hydrogen (secondary N) is 1. The van der Waals surface area contributed by atoms with Gasteiger partial charge in [-0.15, -0.1) is 0 Å². The van der Waals surface area contributed by atoms with Crippen molar-refractivity contribution in [3.63, 3.8) is 0 Å². The van der Waals surface area contributed by atoms with Crippen LogP contribution in [0.4, 0.5) is 26.3 Å². The number of ether oxygens (including phenoxy) is 1. The lowest BCUT2D eigenvalue weighted by Crippen LogP contribution is -2.28. The Morgan fingerprint density at radius 3 is 2.27 bits per heavy atom. The molecule has 0 saturated heterocycles. The van der Waals surface area contributed by atoms with Crippen LogP contribution in [0.2, 0.25) is 0 Å². The fraction of sp³-hybridized carbons (Fsp3) is 0.400. The largest absolute Gasteiger partial charge is 0.495 e. The zero-order valence-corrected chi connectivity index (χ0v) is 21.2. The highest BCUT2D eigenvalue weighted by Gasteiger charge is 2.39. The summed E-state index contributed by atoms with van der Waals surface area (Å²) in [7, 11) is -0.866. The Labute approximate surface area is 212 Å². The van der Waals surface area contributed by atoms with Crippen molar-refractivity contribution in [2.45, 2.75) is 56.3 Å². The topological polar surface area (TPSA) is 56.1 Å². The summed E-state index contributed by atoms with van der Waals surface area (Å²) in [6, 6.07) is 3.19. The molecule has 1 N–H and O–H groups in total. The molecule has 0 bridgehead atoms. The summed E-state index contributed by atoms with van der Waals surface area (Å²) in [5.74, 6) is -3.83. The second-order valence-corrected chi connectivity index (χ2v) is 11.1. The molecule has 4 rings (SSSR count). The smallest absolute Gasteiger partial charge is 0.416 e. The lowest BCUT2D eigenvalue weighted by atomic mass is 9.97. The van der Waals surface area contributed by atoms with Crippen molar-refractivity contribution in [2.75, 3.05) is 7.11 Å². The first-order valence-corrected chi connectivity index (χ1v) is 12.5. The quantitative estimate of drug-likeness (QED) is 0.272. The van der Waals surface area contributed by atoms with Crippen LogP contribution in [-0.2, 0) is 22.7 Å². The molecule has 37 heavy (non-hydrogen) atoms. The first-order chi connectivity index (χ1) is 17.2. The highest BCUT2D eigenvalue weighted by atomic mass is 32.2. The normalized spacial score (nSPS) is 16.1. The molecule has 1 aliphatic rings. The van der Waals surface area contributed by atoms with Crippen LogP contribution in [0.1, 0.15) is 50.8 Å². The molecule has 1 fully saturated rings. The van der Waals surface area contributed by atoms with E-state index >= 15 is 0 Å². The van der Waals surface area contributed by atoms with E-state index in [0.29, 0.717) is 11.6 Å². The van der Waals surface area contributed by atoms with Crippen molar-refractivity contribution in [3.05, 3.63) is 65.1 Å². The summed E-state index contributed by atoms with van der Waals surface area (Å²) in [4.78, 5) is -0.00933. The Morgan fingerprint density at radius 1 is 1.05 bits per heavy atom. The van der Waals surface area contributed by atoms with Crippen LogP contribution in [0, 0.1) is 23.4 Å². The van der Waals surface area contributed by atoms with Gasteiger partial charge in [-0.05, 0) is 63.8 Å². The summed E-state index contributed by atoms with van der Waals surface area (Å²) >= 11 is 0. The minimum atomic E-state index is -4.61. The van der Waals surface area contributed by atoms with Crippen molar-refractivity contribution >= 4 is 11.0 Å². The number of aromatic nitrogens is 2. The molecule has 12 heteroatoms. The Hall–Kier alpha value is -2.86. The van der Waals surface area contributed by atoms with Crippen molar-refractivity contribution in [2.24, 2.45) is 5.92 Å². The molecule has 0 amide bonds. The SMILES string of the molecule is COc1cc(C(F)(F)F)ccc1S(=O)N[C@@H](c1cnn(C(C)(C)C)c1-c1cc(F)c(F)cc1F)C1CC1. The fourth-order valence-corrected chi connectivity index (χ4v) is 5.28. The van der Waals surface area contributed by atoms with Gasteiger partial charge in [-0.1, -0.05) is 0 Å². The maximum Gasteiger partial charge on any atom is 0.416 e. The van der Waals surface area contributed by atoms with Crippen LogP contribution in [0.25, 0.3) is 11.3 Å². The van der Waals surface area contributed by atoms with Gasteiger partial charge in [0.2, 0.25) is 0 Å². The molecule has 5 nitrogen and oxygen atoms in total. The summed E-state index contributed by atoms with van der Waals surface area (Å²) in [5.41, 5.74) is -1.27. The van der Waals surface area contributed by atoms with Gasteiger partial charge in [0.25, 0.3) is 0 Å². The number of hydrogen-bond acceptors (Lipinski definition) is 3. The van der Waals surface area contributed by atoms with Gasteiger partial charge in [0.05, 0.1) is 41.0 Å². The van der Waals surface area contributed by atoms with E-state index in [1.54, 1.807) is 20.8 Å². The first-order valence-electron chi connectivity index (χ1n) is 11.4. The number of hydrogen-bond donors (Lipinski definition) is 1. The number of rotatable bonds is 7. The number of benzene rings is 2. The highest BCUT2D eigenvalue weighted by molar-refractivity contribution is 7.83. The molecular weight excluding hydrogens is 520 g/mol. The average molecular weight is 546 g/mol. The maximum absolute atomic E-state index is 14.9. The summed E-state index contributed by atoms with van der Waals surface area (Å²) in [6.07, 6.45) is -1.68. The Bertz CT molecular complexity index is 1350. The third kappa shape index (κ3) is 5.54. The average Bonchev–Trinajstić information content (AvgIpc) is 3.55. The molecule has 2 atom stereocenters. The Balaban J connectivity index is 1.79. The molecule has 1 saturated carbocycles. The minimum absolute atomic E-state index is 0.00933. The van der Waals surface area contributed by atoms with Crippen molar-refractivity contribution in [3.8, 4) is 17.0 Å². The number of alkyl halides is 3. The van der Waals surface area contributed by atoms with E-state index in [4.69, 9.17) is 4.74 Å². The lowest BCUT2D eigenvalue weighted by molar-refractivity contribution is -0.137. The van der Waals surface area contributed by atoms with Crippen LogP contribution in [0.5, 0.6) is 5.75 Å². The summed E-state index contributed by atoms with van der Waals surface area (Å²) < 4.78 is 105. The lowest BCUT2D eigenvalue weighted by Gasteiger charge is -2.25. The number of halogens is 6. The van der Waals surface area contributed by atoms with Gasteiger partial charge in [-0.2, -0.15) is 18.3 Å². The molecule has 0 aliphatic heterocycles. The van der Waals surface area contributed by atoms with Gasteiger partial charge >= 0.3 is 6.18 Å². The number of methoxy groups -OCH3 is 1. The Morgan fingerprint density at radius 2 is 1.70 bits per heavy atom. The standard InChI is InChI=1S/C25H25F6N3O2S/c1-24(2,3)34-23(15-10-18(27)19(28)11-17(15)26)16(12-32-34)22(13-5-6-13)33-37(35)21-8-7-14(25(29,30)31)9-20(21)36-4/h7-13,22,33H,5-6H2,1-4H3/t22-,37?/m1/s1. The van der Waals surface area contributed by atoms with Gasteiger partial charge in [-0.3, -0.25) is 4.68 Å². The van der Waals surface area contributed by atoms with Crippen molar-refractivity contribution < 1.29 is 35.3 Å². The van der Waals surface area contributed by atoms with Gasteiger partial charge < -0.3 is 4.74 Å². The predicted molar refractivity (Wildman–Crippen MR) is 126 cm³/mol. The zero-order valence-electron chi connectivity index (χ0n) is 20.4. The summed E-state index contributed by atoms with van der Waals surface area (Å²) in [5, 5.41) is 4.39. The van der Waals surface area contributed by atoms with Crippen molar-refractivity contribution in [1.82, 2.24) is 14.5 Å². The zero-order chi connectivity index (χ0) is 27.3. The van der Waals surface area contributed by atoms with Crippen LogP contribution < -0.4 is 9.46 Å². The van der Waals surface area contributed by atoms with E-state index in [2.05, 4.69) is 9.82 Å². The summed E-state index contributed by atoms with van der Waals surface area (Å²) in [6.45, 7) is 5.40. The number of nitrogens with zero attached hydrogens (tertiary/aromatic N) is 2. The van der Waals surface area contributed by atoms with Crippen molar-refractivity contribution in [1.29, 1.82) is 0 Å². The molecule has 1 unspecified atom stereocenters. The van der Waals surface area contributed by atoms with Crippen LogP contribution in [-0.4, -0.2) is 21.1 Å². The Kier molecular flexibility index (Phi) is 7.19. The molecule has 0 radical (unpaired) electrons. The molecule has 2 aromatic carbocycles. The van der Waals surface area contributed by atoms with Gasteiger partial charge in [0.1, 0.15) is 22.6 Å². The molecule has 1 aromatic heterocycles. The van der Waals surface area contributed by atoms with E-state index < -0.39 is 51.8 Å². The molecule has 200 valence electrons. The van der Waals surface area contributed by atoms with Crippen LogP contribution >= 0.6 is 0 Å². The second-order valence-electron chi connectivity index (χ2n) is 9.84.